The van der Waals surface area contributed by atoms with E-state index in [1.54, 1.807) is 30.3 Å². The highest BCUT2D eigenvalue weighted by molar-refractivity contribution is 6.35. The van der Waals surface area contributed by atoms with Gasteiger partial charge in [-0.2, -0.15) is 0 Å². The number of benzene rings is 3. The van der Waals surface area contributed by atoms with Crippen LogP contribution in [0.1, 0.15) is 11.1 Å². The summed E-state index contributed by atoms with van der Waals surface area (Å²) in [5.41, 5.74) is -0.310. The number of carbonyl (C=O) groups is 2. The molecule has 0 aromatic heterocycles. The lowest BCUT2D eigenvalue weighted by Gasteiger charge is -2.27. The highest BCUT2D eigenvalue weighted by atomic mass is 35.5. The molecule has 0 saturated heterocycles. The number of rotatable bonds is 7. The molecule has 5 nitrogen and oxygen atoms in total. The molecule has 33 heavy (non-hydrogen) atoms. The molecule has 3 aromatic rings. The molecule has 4 rings (SSSR count). The Morgan fingerprint density at radius 1 is 1.00 bits per heavy atom. The van der Waals surface area contributed by atoms with E-state index in [1.165, 1.54) is 12.1 Å². The summed E-state index contributed by atoms with van der Waals surface area (Å²) in [7, 11) is 0. The van der Waals surface area contributed by atoms with Gasteiger partial charge in [-0.3, -0.25) is 9.79 Å². The Kier molecular flexibility index (Phi) is 6.36. The van der Waals surface area contributed by atoms with Gasteiger partial charge in [-0.15, -0.1) is 0 Å². The number of hydrogen-bond donors (Lipinski definition) is 2. The second-order valence-electron chi connectivity index (χ2n) is 7.62. The van der Waals surface area contributed by atoms with Gasteiger partial charge in [0.15, 0.2) is 0 Å². The first kappa shape index (κ1) is 22.8. The van der Waals surface area contributed by atoms with Gasteiger partial charge in [0, 0.05) is 27.9 Å². The fraction of sp³-hybridized carbons (Fsp3) is 0.115. The summed E-state index contributed by atoms with van der Waals surface area (Å²) < 4.78 is 0. The molecule has 1 aliphatic heterocycles. The Balaban J connectivity index is 1.79. The van der Waals surface area contributed by atoms with Gasteiger partial charge in [0.25, 0.3) is 5.91 Å². The van der Waals surface area contributed by atoms with E-state index >= 15 is 0 Å². The first-order chi connectivity index (χ1) is 15.8. The predicted molar refractivity (Wildman–Crippen MR) is 129 cm³/mol. The minimum Gasteiger partial charge on any atom is -0.479 e. The molecule has 0 bridgehead atoms. The predicted octanol–water partition coefficient (Wildman–Crippen LogP) is 3.67. The molecule has 1 atom stereocenters. The topological polar surface area (TPSA) is 78.8 Å². The number of carboxylic acids is 1. The first-order valence-electron chi connectivity index (χ1n) is 10.2. The van der Waals surface area contributed by atoms with Gasteiger partial charge in [-0.25, -0.2) is 4.79 Å². The monoisotopic (exact) mass is 478 g/mol. The summed E-state index contributed by atoms with van der Waals surface area (Å²) in [6.45, 7) is 4.32. The molecular weight excluding hydrogens is 459 g/mol. The fourth-order valence-electron chi connectivity index (χ4n) is 4.03. The Morgan fingerprint density at radius 3 is 2.27 bits per heavy atom. The van der Waals surface area contributed by atoms with Crippen LogP contribution in [0.3, 0.4) is 0 Å². The second-order valence-corrected chi connectivity index (χ2v) is 8.46. The summed E-state index contributed by atoms with van der Waals surface area (Å²) in [6, 6.07) is 21.3. The van der Waals surface area contributed by atoms with Crippen LogP contribution in [0.4, 0.5) is 0 Å². The highest BCUT2D eigenvalue weighted by Gasteiger charge is 2.49. The lowest BCUT2D eigenvalue weighted by molar-refractivity contribution is -0.141. The third-order valence-electron chi connectivity index (χ3n) is 5.55. The fourth-order valence-corrected chi connectivity index (χ4v) is 4.61. The molecular formula is C26H20Cl2N2O3. The second kappa shape index (κ2) is 9.22. The van der Waals surface area contributed by atoms with Crippen molar-refractivity contribution in [1.29, 1.82) is 0 Å². The zero-order valence-electron chi connectivity index (χ0n) is 17.5. The zero-order valence-corrected chi connectivity index (χ0v) is 19.0. The van der Waals surface area contributed by atoms with E-state index < -0.39 is 17.4 Å². The van der Waals surface area contributed by atoms with Crippen molar-refractivity contribution < 1.29 is 14.7 Å². The van der Waals surface area contributed by atoms with Crippen molar-refractivity contribution in [3.05, 3.63) is 117 Å². The number of nitrogens with zero attached hydrogens (tertiary/aromatic N) is 1. The molecule has 166 valence electrons. The van der Waals surface area contributed by atoms with Crippen LogP contribution in [-0.4, -0.2) is 23.5 Å². The highest BCUT2D eigenvalue weighted by Crippen LogP contribution is 2.40. The third kappa shape index (κ3) is 4.17. The average molecular weight is 479 g/mol. The number of hydrogen-bond acceptors (Lipinski definition) is 3. The smallest absolute Gasteiger partial charge is 0.341 e. The van der Waals surface area contributed by atoms with Crippen LogP contribution in [0.2, 0.25) is 10.0 Å². The van der Waals surface area contributed by atoms with Crippen LogP contribution in [0, 0.1) is 0 Å². The molecule has 1 aliphatic rings. The van der Waals surface area contributed by atoms with Gasteiger partial charge in [0.05, 0.1) is 10.4 Å². The normalized spacial score (nSPS) is 16.6. The van der Waals surface area contributed by atoms with Crippen molar-refractivity contribution in [2.24, 2.45) is 4.99 Å². The molecule has 0 aliphatic carbocycles. The third-order valence-corrected chi connectivity index (χ3v) is 6.07. The van der Waals surface area contributed by atoms with Gasteiger partial charge >= 0.3 is 5.97 Å². The molecule has 0 radical (unpaired) electrons. The van der Waals surface area contributed by atoms with E-state index in [1.807, 2.05) is 30.3 Å². The molecule has 7 heteroatoms. The van der Waals surface area contributed by atoms with E-state index in [0.29, 0.717) is 34.1 Å². The molecule has 1 amide bonds. The Morgan fingerprint density at radius 2 is 1.64 bits per heavy atom. The van der Waals surface area contributed by atoms with Crippen molar-refractivity contribution in [1.82, 2.24) is 5.32 Å². The molecule has 0 saturated carbocycles. The summed E-state index contributed by atoms with van der Waals surface area (Å²) in [4.78, 5) is 30.4. The Hall–Kier alpha value is -3.41. The molecule has 0 spiro atoms. The van der Waals surface area contributed by atoms with Crippen LogP contribution in [0.5, 0.6) is 0 Å². The number of nitrogens with one attached hydrogen (secondary N) is 1. The maximum absolute atomic E-state index is 13.1. The molecule has 3 aromatic carbocycles. The zero-order chi connectivity index (χ0) is 23.6. The summed E-state index contributed by atoms with van der Waals surface area (Å²) in [5.74, 6) is -1.73. The van der Waals surface area contributed by atoms with Crippen molar-refractivity contribution in [2.45, 2.75) is 12.0 Å². The van der Waals surface area contributed by atoms with Crippen LogP contribution in [0.15, 0.2) is 89.9 Å². The maximum atomic E-state index is 13.1. The Labute approximate surface area is 200 Å². The molecule has 1 heterocycles. The lowest BCUT2D eigenvalue weighted by atomic mass is 9.79. The van der Waals surface area contributed by atoms with E-state index in [2.05, 4.69) is 16.9 Å². The maximum Gasteiger partial charge on any atom is 0.341 e. The quantitative estimate of drug-likeness (QED) is 0.508. The van der Waals surface area contributed by atoms with Crippen LogP contribution < -0.4 is 15.9 Å². The lowest BCUT2D eigenvalue weighted by Crippen LogP contribution is -2.39. The minimum atomic E-state index is -1.88. The van der Waals surface area contributed by atoms with E-state index in [4.69, 9.17) is 23.2 Å². The van der Waals surface area contributed by atoms with Crippen molar-refractivity contribution in [3.63, 3.8) is 0 Å². The van der Waals surface area contributed by atoms with Crippen LogP contribution in [0.25, 0.3) is 5.57 Å². The number of carbonyl (C=O) groups excluding carboxylic acids is 1. The van der Waals surface area contributed by atoms with Gasteiger partial charge in [-0.05, 0) is 29.7 Å². The number of fused-ring (bicyclic) bond motifs is 1. The summed E-state index contributed by atoms with van der Waals surface area (Å²) in [5, 5.41) is 14.4. The summed E-state index contributed by atoms with van der Waals surface area (Å²) >= 11 is 12.7. The van der Waals surface area contributed by atoms with Gasteiger partial charge in [0.1, 0.15) is 0 Å². The van der Waals surface area contributed by atoms with Gasteiger partial charge < -0.3 is 10.4 Å². The molecule has 1 unspecified atom stereocenters. The largest absolute Gasteiger partial charge is 0.479 e. The number of carboxylic acid groups (broad SMARTS) is 1. The average Bonchev–Trinajstić information content (AvgIpc) is 3.16. The standard InChI is InChI=1S/C26H20Cl2N2O3/c1-16(24(31)29-13-12-17-8-4-2-5-9-17)23-22-20(28)14-19(27)15-21(22)30-26(23,25(32)33)18-10-6-3-7-11-18/h2-11,14-15H,1,12-13H2,(H,29,31)(H,32,33). The molecule has 0 fully saturated rings. The van der Waals surface area contributed by atoms with Crippen molar-refractivity contribution in [2.75, 3.05) is 6.54 Å². The SMILES string of the molecule is C=C(C(=O)NCCc1ccccc1)C1=c2c(Cl)cc(Cl)cc2=NC1(C(=O)O)c1ccccc1. The van der Waals surface area contributed by atoms with Gasteiger partial charge in [-0.1, -0.05) is 90.4 Å². The number of aliphatic carboxylic acids is 1. The van der Waals surface area contributed by atoms with E-state index in [0.717, 1.165) is 5.56 Å². The summed E-state index contributed by atoms with van der Waals surface area (Å²) in [6.07, 6.45) is 0.620. The number of amides is 1. The first-order valence-corrected chi connectivity index (χ1v) is 11.0. The van der Waals surface area contributed by atoms with E-state index in [9.17, 15) is 14.7 Å². The number of halogens is 2. The van der Waals surface area contributed by atoms with Crippen LogP contribution in [-0.2, 0) is 21.5 Å². The Bertz CT molecular complexity index is 1370. The molecule has 2 N–H and O–H groups in total. The van der Waals surface area contributed by atoms with Crippen molar-refractivity contribution >= 4 is 40.7 Å². The minimum absolute atomic E-state index is 0.0129. The van der Waals surface area contributed by atoms with Crippen LogP contribution >= 0.6 is 23.2 Å². The van der Waals surface area contributed by atoms with Gasteiger partial charge in [0.2, 0.25) is 5.54 Å². The van der Waals surface area contributed by atoms with Crippen molar-refractivity contribution in [3.8, 4) is 0 Å². The van der Waals surface area contributed by atoms with E-state index in [-0.39, 0.29) is 16.2 Å².